The molecule has 1 aliphatic carbocycles. The number of nitrogens with zero attached hydrogens (tertiary/aromatic N) is 1. The number of H-pyrrole nitrogens is 1. The van der Waals surface area contributed by atoms with Crippen molar-refractivity contribution >= 4 is 11.6 Å². The highest BCUT2D eigenvalue weighted by Crippen LogP contribution is 2.32. The molecule has 2 aromatic rings. The number of aromatic amines is 1. The van der Waals surface area contributed by atoms with Gasteiger partial charge in [0.2, 0.25) is 0 Å². The van der Waals surface area contributed by atoms with Gasteiger partial charge in [-0.3, -0.25) is 9.59 Å². The second kappa shape index (κ2) is 11.0. The van der Waals surface area contributed by atoms with Crippen LogP contribution in [0, 0.1) is 6.92 Å². The van der Waals surface area contributed by atoms with Crippen LogP contribution in [0.5, 0.6) is 0 Å². The Morgan fingerprint density at radius 2 is 1.88 bits per heavy atom. The highest BCUT2D eigenvalue weighted by Gasteiger charge is 2.27. The van der Waals surface area contributed by atoms with E-state index in [1.54, 1.807) is 0 Å². The van der Waals surface area contributed by atoms with Gasteiger partial charge in [-0.2, -0.15) is 0 Å². The number of rotatable bonds is 4. The molecule has 0 spiro atoms. The van der Waals surface area contributed by atoms with E-state index in [1.807, 2.05) is 25.1 Å². The molecule has 1 amide bonds. The van der Waals surface area contributed by atoms with Gasteiger partial charge in [-0.1, -0.05) is 18.2 Å². The Hall–Kier alpha value is -2.86. The molecule has 4 rings (SSSR count). The first kappa shape index (κ1) is 24.3. The number of anilines is 1. The summed E-state index contributed by atoms with van der Waals surface area (Å²) in [4.78, 5) is 31.4. The van der Waals surface area contributed by atoms with Crippen molar-refractivity contribution in [3.8, 4) is 0 Å². The minimum absolute atomic E-state index is 0.111. The zero-order valence-corrected chi connectivity index (χ0v) is 20.7. The molecule has 0 saturated heterocycles. The van der Waals surface area contributed by atoms with Gasteiger partial charge in [0.25, 0.3) is 11.5 Å². The number of benzene rings is 1. The molecular formula is C28H38N4O2. The molecule has 1 aliphatic heterocycles. The van der Waals surface area contributed by atoms with Gasteiger partial charge in [-0.15, -0.1) is 0 Å². The third-order valence-corrected chi connectivity index (χ3v) is 7.45. The minimum Gasteiger partial charge on any atom is -0.369 e. The van der Waals surface area contributed by atoms with Crippen molar-refractivity contribution in [2.24, 2.45) is 0 Å². The van der Waals surface area contributed by atoms with Crippen molar-refractivity contribution in [3.63, 3.8) is 0 Å². The smallest absolute Gasteiger partial charge is 0.253 e. The summed E-state index contributed by atoms with van der Waals surface area (Å²) in [5.41, 5.74) is 5.35. The number of aryl methyl sites for hydroxylation is 2. The summed E-state index contributed by atoms with van der Waals surface area (Å²) >= 11 is 0. The number of carbonyl (C=O) groups is 1. The van der Waals surface area contributed by atoms with Crippen LogP contribution in [0.25, 0.3) is 0 Å². The number of nitrogens with one attached hydrogen (secondary N) is 3. The Morgan fingerprint density at radius 3 is 2.62 bits per heavy atom. The third kappa shape index (κ3) is 5.27. The topological polar surface area (TPSA) is 77.2 Å². The monoisotopic (exact) mass is 462 g/mol. The fourth-order valence-corrected chi connectivity index (χ4v) is 5.60. The fourth-order valence-electron chi connectivity index (χ4n) is 5.60. The summed E-state index contributed by atoms with van der Waals surface area (Å²) in [7, 11) is 2.05. The van der Waals surface area contributed by atoms with Gasteiger partial charge in [0.1, 0.15) is 0 Å². The van der Waals surface area contributed by atoms with Crippen LogP contribution in [0.3, 0.4) is 0 Å². The molecule has 6 heteroatoms. The first-order valence-electron chi connectivity index (χ1n) is 12.7. The van der Waals surface area contributed by atoms with E-state index in [0.717, 1.165) is 55.5 Å². The Morgan fingerprint density at radius 1 is 1.09 bits per heavy atom. The van der Waals surface area contributed by atoms with Crippen LogP contribution in [-0.4, -0.2) is 36.6 Å². The number of allylic oxidation sites excluding steroid dienone is 2. The lowest BCUT2D eigenvalue weighted by Crippen LogP contribution is -2.42. The zero-order chi connectivity index (χ0) is 24.1. The Bertz CT molecular complexity index is 1100. The Kier molecular flexibility index (Phi) is 7.88. The molecule has 3 N–H and O–H groups in total. The van der Waals surface area contributed by atoms with Gasteiger partial charge in [-0.25, -0.2) is 0 Å². The standard InChI is InChI=1S/C28H38N4O2/c1-4-32(22-15-13-21(29-3)14-16-22)26-12-8-11-24-23(26)10-7-5-6-9-20-17-19(2)31-28(34)25(20)18-30-27(24)33/h5,7-8,11-12,17,21-22,29H,4,6,9-10,13-16,18H2,1-3H3,(H,30,33)(H,31,34)/t21-,22+. The molecule has 1 aromatic carbocycles. The molecule has 1 saturated carbocycles. The molecule has 0 radical (unpaired) electrons. The van der Waals surface area contributed by atoms with Gasteiger partial charge < -0.3 is 20.5 Å². The number of carbonyl (C=O) groups excluding carboxylic acids is 1. The predicted molar refractivity (Wildman–Crippen MR) is 139 cm³/mol. The van der Waals surface area contributed by atoms with E-state index in [0.29, 0.717) is 23.2 Å². The first-order chi connectivity index (χ1) is 16.5. The van der Waals surface area contributed by atoms with Crippen molar-refractivity contribution in [2.75, 3.05) is 18.5 Å². The summed E-state index contributed by atoms with van der Waals surface area (Å²) in [5.74, 6) is -0.119. The van der Waals surface area contributed by atoms with Crippen LogP contribution >= 0.6 is 0 Å². The Balaban J connectivity index is 1.66. The average molecular weight is 463 g/mol. The van der Waals surface area contributed by atoms with E-state index < -0.39 is 0 Å². The van der Waals surface area contributed by atoms with Gasteiger partial charge in [0, 0.05) is 47.7 Å². The maximum atomic E-state index is 13.4. The fraction of sp³-hybridized carbons (Fsp3) is 0.500. The maximum absolute atomic E-state index is 13.4. The normalized spacial score (nSPS) is 21.0. The van der Waals surface area contributed by atoms with Crippen LogP contribution in [0.1, 0.15) is 71.8 Å². The molecule has 0 bridgehead atoms. The molecule has 1 aromatic heterocycles. The molecular weight excluding hydrogens is 424 g/mol. The summed E-state index contributed by atoms with van der Waals surface area (Å²) in [5, 5.41) is 6.47. The van der Waals surface area contributed by atoms with E-state index in [4.69, 9.17) is 0 Å². The zero-order valence-electron chi connectivity index (χ0n) is 20.7. The van der Waals surface area contributed by atoms with E-state index in [-0.39, 0.29) is 18.0 Å². The summed E-state index contributed by atoms with van der Waals surface area (Å²) < 4.78 is 0. The molecule has 34 heavy (non-hydrogen) atoms. The lowest BCUT2D eigenvalue weighted by atomic mass is 9.89. The van der Waals surface area contributed by atoms with Crippen molar-refractivity contribution in [1.29, 1.82) is 0 Å². The average Bonchev–Trinajstić information content (AvgIpc) is 2.83. The Labute approximate surface area is 202 Å². The molecule has 2 aliphatic rings. The van der Waals surface area contributed by atoms with Crippen LogP contribution in [-0.2, 0) is 19.4 Å². The number of hydrogen-bond donors (Lipinski definition) is 3. The van der Waals surface area contributed by atoms with E-state index in [2.05, 4.69) is 52.7 Å². The van der Waals surface area contributed by atoms with E-state index >= 15 is 0 Å². The highest BCUT2D eigenvalue weighted by atomic mass is 16.1. The number of amides is 1. The van der Waals surface area contributed by atoms with Crippen molar-refractivity contribution in [3.05, 3.63) is 74.7 Å². The first-order valence-corrected chi connectivity index (χ1v) is 12.7. The van der Waals surface area contributed by atoms with Crippen molar-refractivity contribution in [2.45, 2.75) is 77.4 Å². The summed E-state index contributed by atoms with van der Waals surface area (Å²) in [6.07, 6.45) is 11.4. The highest BCUT2D eigenvalue weighted by molar-refractivity contribution is 5.97. The minimum atomic E-state index is -0.119. The number of hydrogen-bond acceptors (Lipinski definition) is 4. The van der Waals surface area contributed by atoms with Crippen molar-refractivity contribution < 1.29 is 4.79 Å². The van der Waals surface area contributed by atoms with E-state index in [9.17, 15) is 9.59 Å². The summed E-state index contributed by atoms with van der Waals surface area (Å²) in [6, 6.07) is 9.20. The molecule has 6 nitrogen and oxygen atoms in total. The lowest BCUT2D eigenvalue weighted by molar-refractivity contribution is 0.0950. The molecule has 1 fully saturated rings. The van der Waals surface area contributed by atoms with Crippen LogP contribution in [0.15, 0.2) is 41.2 Å². The SMILES string of the molecule is CCN(c1cccc2c1CC=CCCc1cc(C)[nH]c(=O)c1CNC2=O)[C@H]1CC[C@@H](NC)CC1. The second-order valence-electron chi connectivity index (χ2n) is 9.57. The molecule has 0 atom stereocenters. The van der Waals surface area contributed by atoms with Crippen LogP contribution in [0.2, 0.25) is 0 Å². The second-order valence-corrected chi connectivity index (χ2v) is 9.57. The third-order valence-electron chi connectivity index (χ3n) is 7.45. The molecule has 2 heterocycles. The van der Waals surface area contributed by atoms with Gasteiger partial charge in [0.15, 0.2) is 0 Å². The maximum Gasteiger partial charge on any atom is 0.253 e. The van der Waals surface area contributed by atoms with Gasteiger partial charge in [0.05, 0.1) is 0 Å². The van der Waals surface area contributed by atoms with E-state index in [1.165, 1.54) is 18.5 Å². The van der Waals surface area contributed by atoms with Gasteiger partial charge in [-0.05, 0) is 95.2 Å². The lowest BCUT2D eigenvalue weighted by Gasteiger charge is -2.39. The van der Waals surface area contributed by atoms with Crippen molar-refractivity contribution in [1.82, 2.24) is 15.6 Å². The predicted octanol–water partition coefficient (Wildman–Crippen LogP) is 4.02. The largest absolute Gasteiger partial charge is 0.369 e. The number of fused-ring (bicyclic) bond motifs is 2. The molecule has 182 valence electrons. The quantitative estimate of drug-likeness (QED) is 0.600. The summed E-state index contributed by atoms with van der Waals surface area (Å²) in [6.45, 7) is 5.26. The number of aromatic nitrogens is 1. The van der Waals surface area contributed by atoms with Crippen LogP contribution < -0.4 is 21.1 Å². The molecule has 0 unspecified atom stereocenters. The van der Waals surface area contributed by atoms with Crippen LogP contribution in [0.4, 0.5) is 5.69 Å². The van der Waals surface area contributed by atoms with Gasteiger partial charge >= 0.3 is 0 Å². The number of pyridine rings is 1.